The van der Waals surface area contributed by atoms with Gasteiger partial charge in [-0.2, -0.15) is 0 Å². The Balaban J connectivity index is 1.56. The van der Waals surface area contributed by atoms with Crippen LogP contribution in [0, 0.1) is 0 Å². The largest absolute Gasteiger partial charge is 0.338 e. The summed E-state index contributed by atoms with van der Waals surface area (Å²) in [7, 11) is 0. The molecule has 0 bridgehead atoms. The zero-order chi connectivity index (χ0) is 20.5. The summed E-state index contributed by atoms with van der Waals surface area (Å²) in [6.07, 6.45) is 2.45. The molecule has 152 valence electrons. The molecule has 29 heavy (non-hydrogen) atoms. The van der Waals surface area contributed by atoms with E-state index >= 15 is 0 Å². The maximum Gasteiger partial charge on any atom is 0.260 e. The summed E-state index contributed by atoms with van der Waals surface area (Å²) in [6, 6.07) is 5.38. The summed E-state index contributed by atoms with van der Waals surface area (Å²) in [4.78, 5) is 39.5. The summed E-state index contributed by atoms with van der Waals surface area (Å²) >= 11 is 6.18. The van der Waals surface area contributed by atoms with E-state index in [4.69, 9.17) is 11.6 Å². The van der Waals surface area contributed by atoms with Gasteiger partial charge in [0, 0.05) is 24.8 Å². The fraction of sp³-hybridized carbons (Fsp3) is 0.381. The predicted octanol–water partition coefficient (Wildman–Crippen LogP) is 3.26. The van der Waals surface area contributed by atoms with Crippen molar-refractivity contribution >= 4 is 28.5 Å². The molecule has 4 rings (SSSR count). The molecule has 3 aromatic rings. The van der Waals surface area contributed by atoms with Crippen LogP contribution in [-0.4, -0.2) is 56.8 Å². The first-order valence-electron chi connectivity index (χ1n) is 9.93. The van der Waals surface area contributed by atoms with Gasteiger partial charge in [-0.1, -0.05) is 25.4 Å². The van der Waals surface area contributed by atoms with E-state index in [1.165, 1.54) is 6.20 Å². The van der Waals surface area contributed by atoms with Gasteiger partial charge in [-0.25, -0.2) is 4.98 Å². The van der Waals surface area contributed by atoms with Crippen LogP contribution in [0.2, 0.25) is 5.02 Å². The minimum absolute atomic E-state index is 0.0431. The number of amides is 1. The first-order valence-corrected chi connectivity index (χ1v) is 10.3. The third-order valence-electron chi connectivity index (χ3n) is 5.53. The summed E-state index contributed by atoms with van der Waals surface area (Å²) in [5, 5.41) is 0.329. The number of nitrogens with zero attached hydrogens (tertiary/aromatic N) is 3. The van der Waals surface area contributed by atoms with Crippen molar-refractivity contribution in [3.8, 4) is 11.4 Å². The van der Waals surface area contributed by atoms with Gasteiger partial charge >= 0.3 is 0 Å². The van der Waals surface area contributed by atoms with Gasteiger partial charge in [0.25, 0.3) is 11.5 Å². The first kappa shape index (κ1) is 19.7. The van der Waals surface area contributed by atoms with E-state index in [0.717, 1.165) is 43.7 Å². The van der Waals surface area contributed by atoms with Crippen molar-refractivity contribution < 1.29 is 4.79 Å². The van der Waals surface area contributed by atoms with Crippen LogP contribution in [0.15, 0.2) is 29.2 Å². The van der Waals surface area contributed by atoms with E-state index in [2.05, 4.69) is 33.7 Å². The number of nitrogens with one attached hydrogen (secondary N) is 2. The number of carbonyl (C=O) groups excluding carboxylic acids is 1. The Morgan fingerprint density at radius 1 is 1.24 bits per heavy atom. The smallest absolute Gasteiger partial charge is 0.260 e. The number of hydrogen-bond donors (Lipinski definition) is 2. The Hall–Kier alpha value is -2.64. The van der Waals surface area contributed by atoms with E-state index in [-0.39, 0.29) is 11.5 Å². The van der Waals surface area contributed by atoms with Gasteiger partial charge in [-0.15, -0.1) is 0 Å². The highest BCUT2D eigenvalue weighted by atomic mass is 35.5. The summed E-state index contributed by atoms with van der Waals surface area (Å²) < 4.78 is 0. The third kappa shape index (κ3) is 3.68. The van der Waals surface area contributed by atoms with Crippen LogP contribution in [0.4, 0.5) is 0 Å². The first-order chi connectivity index (χ1) is 14.0. The quantitative estimate of drug-likeness (QED) is 0.622. The van der Waals surface area contributed by atoms with Gasteiger partial charge in [0.1, 0.15) is 11.4 Å². The van der Waals surface area contributed by atoms with Crippen molar-refractivity contribution in [2.75, 3.05) is 26.2 Å². The Kier molecular flexibility index (Phi) is 5.43. The molecule has 0 saturated heterocycles. The molecule has 0 radical (unpaired) electrons. The highest BCUT2D eigenvalue weighted by Gasteiger charge is 2.28. The average molecular weight is 414 g/mol. The van der Waals surface area contributed by atoms with E-state index in [9.17, 15) is 9.59 Å². The molecule has 7 nitrogen and oxygen atoms in total. The lowest BCUT2D eigenvalue weighted by atomic mass is 10.1. The zero-order valence-corrected chi connectivity index (χ0v) is 17.3. The van der Waals surface area contributed by atoms with Gasteiger partial charge in [-0.3, -0.25) is 9.59 Å². The molecule has 2 aromatic heterocycles. The molecule has 1 amide bonds. The standard InChI is InChI=1S/C21H24ClN5O2/c1-3-26(4-2)8-5-9-27-12-13-10-16-17(11-14(13)21(27)29)25-19(24-16)18-15(22)6-7-23-20(18)28/h6-7,10-11H,3-5,8-9,12H2,1-2H3,(H,23,28)(H,24,25). The number of fused-ring (bicyclic) bond motifs is 2. The fourth-order valence-electron chi connectivity index (χ4n) is 3.88. The van der Waals surface area contributed by atoms with E-state index in [0.29, 0.717) is 34.0 Å². The normalized spacial score (nSPS) is 13.7. The Morgan fingerprint density at radius 3 is 2.76 bits per heavy atom. The molecule has 0 fully saturated rings. The van der Waals surface area contributed by atoms with Crippen LogP contribution < -0.4 is 5.56 Å². The number of H-pyrrole nitrogens is 2. The lowest BCUT2D eigenvalue weighted by molar-refractivity contribution is 0.0771. The highest BCUT2D eigenvalue weighted by Crippen LogP contribution is 2.29. The number of benzene rings is 1. The van der Waals surface area contributed by atoms with Crippen LogP contribution in [0.1, 0.15) is 36.2 Å². The summed E-state index contributed by atoms with van der Waals surface area (Å²) in [5.74, 6) is 0.445. The number of aromatic nitrogens is 3. The number of hydrogen-bond acceptors (Lipinski definition) is 4. The SMILES string of the molecule is CCN(CC)CCCN1Cc2cc3[nH]c(-c4c(Cl)cc[nH]c4=O)nc3cc2C1=O. The molecule has 1 aliphatic heterocycles. The maximum atomic E-state index is 12.8. The van der Waals surface area contributed by atoms with Crippen molar-refractivity contribution in [2.45, 2.75) is 26.8 Å². The molecule has 0 aliphatic carbocycles. The summed E-state index contributed by atoms with van der Waals surface area (Å²) in [5.41, 5.74) is 3.10. The second-order valence-corrected chi connectivity index (χ2v) is 7.66. The lowest BCUT2D eigenvalue weighted by Gasteiger charge is -2.20. The molecule has 0 saturated carbocycles. The van der Waals surface area contributed by atoms with Gasteiger partial charge in [0.2, 0.25) is 0 Å². The van der Waals surface area contributed by atoms with E-state index in [1.807, 2.05) is 17.0 Å². The number of halogens is 1. The van der Waals surface area contributed by atoms with Gasteiger partial charge < -0.3 is 19.8 Å². The monoisotopic (exact) mass is 413 g/mol. The van der Waals surface area contributed by atoms with E-state index in [1.54, 1.807) is 6.07 Å². The molecule has 2 N–H and O–H groups in total. The average Bonchev–Trinajstić information content (AvgIpc) is 3.24. The van der Waals surface area contributed by atoms with Crippen molar-refractivity contribution in [1.29, 1.82) is 0 Å². The Morgan fingerprint density at radius 2 is 2.03 bits per heavy atom. The topological polar surface area (TPSA) is 85.1 Å². The molecule has 8 heteroatoms. The summed E-state index contributed by atoms with van der Waals surface area (Å²) in [6.45, 7) is 8.69. The number of carbonyl (C=O) groups is 1. The molecule has 1 aromatic carbocycles. The van der Waals surface area contributed by atoms with Gasteiger partial charge in [0.15, 0.2) is 0 Å². The molecule has 0 atom stereocenters. The van der Waals surface area contributed by atoms with Crippen LogP contribution in [-0.2, 0) is 6.54 Å². The maximum absolute atomic E-state index is 12.8. The second-order valence-electron chi connectivity index (χ2n) is 7.25. The highest BCUT2D eigenvalue weighted by molar-refractivity contribution is 6.33. The van der Waals surface area contributed by atoms with Crippen molar-refractivity contribution in [1.82, 2.24) is 24.8 Å². The van der Waals surface area contributed by atoms with Crippen LogP contribution >= 0.6 is 11.6 Å². The zero-order valence-electron chi connectivity index (χ0n) is 16.6. The second kappa shape index (κ2) is 8.00. The minimum Gasteiger partial charge on any atom is -0.338 e. The minimum atomic E-state index is -0.306. The molecule has 3 heterocycles. The van der Waals surface area contributed by atoms with Crippen molar-refractivity contribution in [3.63, 3.8) is 0 Å². The van der Waals surface area contributed by atoms with Gasteiger partial charge in [-0.05, 0) is 49.8 Å². The van der Waals surface area contributed by atoms with Crippen LogP contribution in [0.3, 0.4) is 0 Å². The molecular weight excluding hydrogens is 390 g/mol. The number of rotatable bonds is 7. The molecule has 1 aliphatic rings. The van der Waals surface area contributed by atoms with Gasteiger partial charge in [0.05, 0.1) is 16.1 Å². The number of pyridine rings is 1. The van der Waals surface area contributed by atoms with Crippen LogP contribution in [0.5, 0.6) is 0 Å². The van der Waals surface area contributed by atoms with Crippen molar-refractivity contribution in [3.05, 3.63) is 50.9 Å². The fourth-order valence-corrected chi connectivity index (χ4v) is 4.12. The van der Waals surface area contributed by atoms with Crippen molar-refractivity contribution in [2.24, 2.45) is 0 Å². The number of aromatic amines is 2. The van der Waals surface area contributed by atoms with E-state index < -0.39 is 0 Å². The molecular formula is C21H24ClN5O2. The third-order valence-corrected chi connectivity index (χ3v) is 5.84. The number of imidazole rings is 1. The lowest BCUT2D eigenvalue weighted by Crippen LogP contribution is -2.30. The predicted molar refractivity (Wildman–Crippen MR) is 114 cm³/mol. The molecule has 0 spiro atoms. The molecule has 0 unspecified atom stereocenters. The Bertz CT molecular complexity index is 1120. The van der Waals surface area contributed by atoms with Crippen LogP contribution in [0.25, 0.3) is 22.4 Å². The Labute approximate surface area is 173 Å².